The Morgan fingerprint density at radius 1 is 1.00 bits per heavy atom. The molecule has 0 unspecified atom stereocenters. The average molecular weight is 353 g/mol. The molecule has 1 aromatic heterocycles. The lowest BCUT2D eigenvalue weighted by atomic mass is 9.90. The van der Waals surface area contributed by atoms with E-state index in [0.717, 1.165) is 23.0 Å². The van der Waals surface area contributed by atoms with Crippen LogP contribution in [0.4, 0.5) is 0 Å². The molecule has 130 valence electrons. The number of halogens is 1. The highest BCUT2D eigenvalue weighted by Crippen LogP contribution is 2.28. The molecule has 1 aliphatic rings. The molecule has 0 atom stereocenters. The summed E-state index contributed by atoms with van der Waals surface area (Å²) in [6, 6.07) is 17.0. The maximum absolute atomic E-state index is 6.27. The molecule has 25 heavy (non-hydrogen) atoms. The van der Waals surface area contributed by atoms with Gasteiger partial charge in [0.15, 0.2) is 0 Å². The number of benzene rings is 2. The number of piperidine rings is 1. The Morgan fingerprint density at radius 3 is 2.60 bits per heavy atom. The number of rotatable bonds is 5. The first kappa shape index (κ1) is 16.7. The highest BCUT2D eigenvalue weighted by Gasteiger charge is 2.20. The van der Waals surface area contributed by atoms with E-state index in [1.165, 1.54) is 55.3 Å². The van der Waals surface area contributed by atoms with E-state index < -0.39 is 0 Å². The fourth-order valence-electron chi connectivity index (χ4n) is 4.00. The molecule has 0 aliphatic carbocycles. The molecule has 1 N–H and O–H groups in total. The summed E-state index contributed by atoms with van der Waals surface area (Å²) < 4.78 is 0. The van der Waals surface area contributed by atoms with Gasteiger partial charge in [-0.05, 0) is 61.9 Å². The highest BCUT2D eigenvalue weighted by molar-refractivity contribution is 6.35. The lowest BCUT2D eigenvalue weighted by Gasteiger charge is -2.32. The highest BCUT2D eigenvalue weighted by atomic mass is 35.5. The third kappa shape index (κ3) is 3.91. The number of hydrogen-bond acceptors (Lipinski definition) is 1. The molecule has 2 heterocycles. The van der Waals surface area contributed by atoms with Gasteiger partial charge in [-0.15, -0.1) is 0 Å². The van der Waals surface area contributed by atoms with E-state index >= 15 is 0 Å². The van der Waals surface area contributed by atoms with Crippen molar-refractivity contribution in [3.05, 3.63) is 70.9 Å². The second-order valence-corrected chi connectivity index (χ2v) is 7.63. The lowest BCUT2D eigenvalue weighted by Crippen LogP contribution is -2.33. The van der Waals surface area contributed by atoms with Gasteiger partial charge in [-0.25, -0.2) is 0 Å². The zero-order valence-electron chi connectivity index (χ0n) is 14.5. The zero-order chi connectivity index (χ0) is 17.1. The number of hydrogen-bond donors (Lipinski definition) is 1. The molecule has 1 fully saturated rings. The number of nitrogens with zero attached hydrogens (tertiary/aromatic N) is 1. The van der Waals surface area contributed by atoms with Crippen molar-refractivity contribution in [1.82, 2.24) is 9.88 Å². The first-order valence-electron chi connectivity index (χ1n) is 9.30. The Kier molecular flexibility index (Phi) is 5.09. The zero-order valence-corrected chi connectivity index (χ0v) is 15.3. The van der Waals surface area contributed by atoms with Crippen molar-refractivity contribution in [2.75, 3.05) is 13.1 Å². The van der Waals surface area contributed by atoms with Crippen LogP contribution >= 0.6 is 11.6 Å². The summed E-state index contributed by atoms with van der Waals surface area (Å²) in [6.45, 7) is 3.42. The van der Waals surface area contributed by atoms with Crippen molar-refractivity contribution in [2.45, 2.75) is 32.2 Å². The van der Waals surface area contributed by atoms with Crippen LogP contribution in [0.2, 0.25) is 5.02 Å². The Hall–Kier alpha value is -1.77. The van der Waals surface area contributed by atoms with Crippen LogP contribution in [0.25, 0.3) is 10.9 Å². The lowest BCUT2D eigenvalue weighted by molar-refractivity contribution is 0.173. The number of likely N-dealkylation sites (tertiary alicyclic amines) is 1. The fourth-order valence-corrected chi connectivity index (χ4v) is 4.22. The number of aromatic amines is 1. The van der Waals surface area contributed by atoms with E-state index in [4.69, 9.17) is 11.6 Å². The van der Waals surface area contributed by atoms with Crippen LogP contribution in [0.3, 0.4) is 0 Å². The topological polar surface area (TPSA) is 19.0 Å². The number of aromatic nitrogens is 1. The number of nitrogens with one attached hydrogen (secondary N) is 1. The van der Waals surface area contributed by atoms with Crippen LogP contribution in [0.15, 0.2) is 54.7 Å². The van der Waals surface area contributed by atoms with E-state index in [0.29, 0.717) is 0 Å². The molecule has 3 heteroatoms. The van der Waals surface area contributed by atoms with E-state index in [-0.39, 0.29) is 0 Å². The summed E-state index contributed by atoms with van der Waals surface area (Å²) in [4.78, 5) is 5.92. The Labute approximate surface area is 154 Å². The van der Waals surface area contributed by atoms with Gasteiger partial charge in [-0.3, -0.25) is 4.90 Å². The predicted octanol–water partition coefficient (Wildman–Crippen LogP) is 5.67. The summed E-state index contributed by atoms with van der Waals surface area (Å²) in [5.74, 6) is 0.869. The minimum absolute atomic E-state index is 0.809. The van der Waals surface area contributed by atoms with Gasteiger partial charge in [-0.1, -0.05) is 54.1 Å². The number of aryl methyl sites for hydroxylation is 1. The Balaban J connectivity index is 1.30. The van der Waals surface area contributed by atoms with Gasteiger partial charge in [0.25, 0.3) is 0 Å². The summed E-state index contributed by atoms with van der Waals surface area (Å²) in [6.07, 6.45) is 7.29. The summed E-state index contributed by atoms with van der Waals surface area (Å²) in [5.41, 5.74) is 3.90. The second-order valence-electron chi connectivity index (χ2n) is 7.22. The Morgan fingerprint density at radius 2 is 1.80 bits per heavy atom. The van der Waals surface area contributed by atoms with Crippen molar-refractivity contribution < 1.29 is 0 Å². The minimum atomic E-state index is 0.809. The summed E-state index contributed by atoms with van der Waals surface area (Å²) in [5, 5.41) is 2.07. The van der Waals surface area contributed by atoms with E-state index in [2.05, 4.69) is 52.5 Å². The first-order chi connectivity index (χ1) is 12.3. The van der Waals surface area contributed by atoms with Crippen LogP contribution in [-0.4, -0.2) is 23.0 Å². The SMILES string of the molecule is Clc1cccc2c(CN3CCC(CCc4ccccc4)CC3)c[nH]c12. The molecule has 0 radical (unpaired) electrons. The van der Waals surface area contributed by atoms with Gasteiger partial charge in [0.1, 0.15) is 0 Å². The van der Waals surface area contributed by atoms with Crippen molar-refractivity contribution in [2.24, 2.45) is 5.92 Å². The van der Waals surface area contributed by atoms with E-state index in [9.17, 15) is 0 Å². The molecule has 0 amide bonds. The maximum Gasteiger partial charge on any atom is 0.0647 e. The van der Waals surface area contributed by atoms with Gasteiger partial charge >= 0.3 is 0 Å². The second kappa shape index (κ2) is 7.63. The molecule has 1 aliphatic heterocycles. The largest absolute Gasteiger partial charge is 0.360 e. The van der Waals surface area contributed by atoms with Crippen LogP contribution in [0, 0.1) is 5.92 Å². The Bertz CT molecular complexity index is 816. The molecule has 0 saturated carbocycles. The monoisotopic (exact) mass is 352 g/mol. The third-order valence-electron chi connectivity index (χ3n) is 5.54. The van der Waals surface area contributed by atoms with Crippen LogP contribution < -0.4 is 0 Å². The van der Waals surface area contributed by atoms with Gasteiger partial charge in [0.2, 0.25) is 0 Å². The summed E-state index contributed by atoms with van der Waals surface area (Å²) in [7, 11) is 0. The normalized spacial score (nSPS) is 16.5. The average Bonchev–Trinajstić information content (AvgIpc) is 3.06. The van der Waals surface area contributed by atoms with Gasteiger partial charge in [0, 0.05) is 18.1 Å². The van der Waals surface area contributed by atoms with Crippen LogP contribution in [0.5, 0.6) is 0 Å². The third-order valence-corrected chi connectivity index (χ3v) is 5.85. The number of fused-ring (bicyclic) bond motifs is 1. The quantitative estimate of drug-likeness (QED) is 0.627. The molecular formula is C22H25ClN2. The molecule has 3 aromatic rings. The number of H-pyrrole nitrogens is 1. The molecular weight excluding hydrogens is 328 g/mol. The van der Waals surface area contributed by atoms with Crippen molar-refractivity contribution in [3.63, 3.8) is 0 Å². The van der Waals surface area contributed by atoms with Gasteiger partial charge in [0.05, 0.1) is 10.5 Å². The smallest absolute Gasteiger partial charge is 0.0647 e. The molecule has 2 aromatic carbocycles. The first-order valence-corrected chi connectivity index (χ1v) is 9.68. The molecule has 0 spiro atoms. The molecule has 1 saturated heterocycles. The fraction of sp³-hybridized carbons (Fsp3) is 0.364. The minimum Gasteiger partial charge on any atom is -0.360 e. The molecule has 4 rings (SSSR count). The van der Waals surface area contributed by atoms with Gasteiger partial charge < -0.3 is 4.98 Å². The van der Waals surface area contributed by atoms with Gasteiger partial charge in [-0.2, -0.15) is 0 Å². The standard InChI is InChI=1S/C22H25ClN2/c23-21-8-4-7-20-19(15-24-22(20)21)16-25-13-11-18(12-14-25)10-9-17-5-2-1-3-6-17/h1-8,15,18,24H,9-14,16H2. The van der Waals surface area contributed by atoms with E-state index in [1.54, 1.807) is 0 Å². The summed E-state index contributed by atoms with van der Waals surface area (Å²) >= 11 is 6.27. The van der Waals surface area contributed by atoms with Crippen molar-refractivity contribution in [3.8, 4) is 0 Å². The molecule has 0 bridgehead atoms. The predicted molar refractivity (Wildman–Crippen MR) is 106 cm³/mol. The van der Waals surface area contributed by atoms with Crippen molar-refractivity contribution >= 4 is 22.5 Å². The van der Waals surface area contributed by atoms with E-state index in [1.807, 2.05) is 12.1 Å². The number of para-hydroxylation sites is 1. The maximum atomic E-state index is 6.27. The molecule has 2 nitrogen and oxygen atoms in total. The van der Waals surface area contributed by atoms with Crippen LogP contribution in [0.1, 0.15) is 30.4 Å². The van der Waals surface area contributed by atoms with Crippen molar-refractivity contribution in [1.29, 1.82) is 0 Å². The van der Waals surface area contributed by atoms with Crippen LogP contribution in [-0.2, 0) is 13.0 Å².